The molecule has 25 heavy (non-hydrogen) atoms. The van der Waals surface area contributed by atoms with Gasteiger partial charge in [-0.15, -0.1) is 11.3 Å². The van der Waals surface area contributed by atoms with Crippen molar-refractivity contribution in [2.24, 2.45) is 4.99 Å². The first-order valence-corrected chi connectivity index (χ1v) is 9.88. The molecule has 1 atom stereocenters. The standard InChI is InChI=1S/C17H31N5O2S/c1-4-15-21-14(11-25-15)10-19-16(18-5-2)20-12-17(3,23)13-22-6-8-24-9-7-22/h11,23H,4-10,12-13H2,1-3H3,(H2,18,19,20). The van der Waals surface area contributed by atoms with Crippen LogP contribution in [0.3, 0.4) is 0 Å². The van der Waals surface area contributed by atoms with E-state index in [1.54, 1.807) is 11.3 Å². The van der Waals surface area contributed by atoms with E-state index in [1.165, 1.54) is 0 Å². The second-order valence-electron chi connectivity index (χ2n) is 6.52. The molecule has 3 N–H and O–H groups in total. The predicted molar refractivity (Wildman–Crippen MR) is 102 cm³/mol. The summed E-state index contributed by atoms with van der Waals surface area (Å²) < 4.78 is 5.36. The fourth-order valence-corrected chi connectivity index (χ4v) is 3.39. The van der Waals surface area contributed by atoms with Crippen LogP contribution in [0.1, 0.15) is 31.5 Å². The Balaban J connectivity index is 1.85. The fraction of sp³-hybridized carbons (Fsp3) is 0.765. The molecule has 0 saturated carbocycles. The van der Waals surface area contributed by atoms with Gasteiger partial charge in [-0.2, -0.15) is 0 Å². The Morgan fingerprint density at radius 3 is 2.80 bits per heavy atom. The number of guanidine groups is 1. The quantitative estimate of drug-likeness (QED) is 0.465. The summed E-state index contributed by atoms with van der Waals surface area (Å²) in [5.74, 6) is 0.704. The van der Waals surface area contributed by atoms with Gasteiger partial charge in [0.25, 0.3) is 0 Å². The van der Waals surface area contributed by atoms with E-state index in [-0.39, 0.29) is 0 Å². The van der Waals surface area contributed by atoms with E-state index in [9.17, 15) is 5.11 Å². The monoisotopic (exact) mass is 369 g/mol. The van der Waals surface area contributed by atoms with Gasteiger partial charge in [-0.3, -0.25) is 4.90 Å². The van der Waals surface area contributed by atoms with Gasteiger partial charge in [-0.05, 0) is 20.3 Å². The first-order valence-electron chi connectivity index (χ1n) is 9.00. The minimum absolute atomic E-state index is 0.438. The summed E-state index contributed by atoms with van der Waals surface area (Å²) in [6.07, 6.45) is 0.955. The number of morpholine rings is 1. The molecule has 0 aromatic carbocycles. The predicted octanol–water partition coefficient (Wildman–Crippen LogP) is 0.844. The maximum atomic E-state index is 10.7. The summed E-state index contributed by atoms with van der Waals surface area (Å²) in [6, 6.07) is 0. The van der Waals surface area contributed by atoms with Crippen molar-refractivity contribution in [3.8, 4) is 0 Å². The molecular formula is C17H31N5O2S. The zero-order valence-corrected chi connectivity index (χ0v) is 16.4. The van der Waals surface area contributed by atoms with Crippen LogP contribution in [-0.4, -0.2) is 72.5 Å². The van der Waals surface area contributed by atoms with Crippen LogP contribution in [-0.2, 0) is 17.7 Å². The van der Waals surface area contributed by atoms with Crippen molar-refractivity contribution in [1.82, 2.24) is 20.5 Å². The Morgan fingerprint density at radius 2 is 2.16 bits per heavy atom. The van der Waals surface area contributed by atoms with Crippen molar-refractivity contribution >= 4 is 17.3 Å². The first-order chi connectivity index (χ1) is 12.0. The molecule has 0 bridgehead atoms. The number of β-amino-alcohol motifs (C(OH)–C–C–N with tert-alkyl or cyclic N) is 1. The Morgan fingerprint density at radius 1 is 1.40 bits per heavy atom. The summed E-state index contributed by atoms with van der Waals surface area (Å²) in [5, 5.41) is 20.3. The molecule has 8 heteroatoms. The molecular weight excluding hydrogens is 338 g/mol. The number of ether oxygens (including phenoxy) is 1. The molecule has 2 heterocycles. The normalized spacial score (nSPS) is 18.8. The lowest BCUT2D eigenvalue weighted by atomic mass is 10.1. The average Bonchev–Trinajstić information content (AvgIpc) is 3.06. The number of rotatable bonds is 8. The average molecular weight is 370 g/mol. The Kier molecular flexibility index (Phi) is 8.08. The molecule has 1 aliphatic heterocycles. The number of aliphatic imine (C=N–C) groups is 1. The lowest BCUT2D eigenvalue weighted by Crippen LogP contribution is -2.52. The summed E-state index contributed by atoms with van der Waals surface area (Å²) in [4.78, 5) is 11.3. The van der Waals surface area contributed by atoms with Crippen LogP contribution in [0.5, 0.6) is 0 Å². The second-order valence-corrected chi connectivity index (χ2v) is 7.46. The molecule has 0 radical (unpaired) electrons. The van der Waals surface area contributed by atoms with E-state index in [0.717, 1.165) is 50.0 Å². The van der Waals surface area contributed by atoms with Crippen molar-refractivity contribution in [2.75, 3.05) is 45.9 Å². The fourth-order valence-electron chi connectivity index (χ4n) is 2.66. The maximum absolute atomic E-state index is 10.7. The summed E-state index contributed by atoms with van der Waals surface area (Å²) in [5.41, 5.74) is 0.155. The van der Waals surface area contributed by atoms with Crippen molar-refractivity contribution in [2.45, 2.75) is 39.3 Å². The molecule has 0 spiro atoms. The smallest absolute Gasteiger partial charge is 0.191 e. The van der Waals surface area contributed by atoms with Gasteiger partial charge in [-0.1, -0.05) is 6.92 Å². The number of nitrogens with zero attached hydrogens (tertiary/aromatic N) is 3. The third-order valence-corrected chi connectivity index (χ3v) is 4.99. The number of nitrogens with one attached hydrogen (secondary N) is 2. The summed E-state index contributed by atoms with van der Waals surface area (Å²) in [6.45, 7) is 11.6. The molecule has 2 rings (SSSR count). The van der Waals surface area contributed by atoms with Crippen LogP contribution < -0.4 is 10.6 Å². The van der Waals surface area contributed by atoms with Gasteiger partial charge in [-0.25, -0.2) is 9.98 Å². The lowest BCUT2D eigenvalue weighted by Gasteiger charge is -2.34. The highest BCUT2D eigenvalue weighted by Crippen LogP contribution is 2.11. The van der Waals surface area contributed by atoms with Crippen molar-refractivity contribution in [1.29, 1.82) is 0 Å². The van der Waals surface area contributed by atoms with Crippen LogP contribution in [0.15, 0.2) is 10.4 Å². The minimum atomic E-state index is -0.830. The number of aromatic nitrogens is 1. The Hall–Kier alpha value is -1.22. The van der Waals surface area contributed by atoms with Crippen molar-refractivity contribution in [3.63, 3.8) is 0 Å². The van der Waals surface area contributed by atoms with Crippen molar-refractivity contribution in [3.05, 3.63) is 16.1 Å². The van der Waals surface area contributed by atoms with Crippen LogP contribution in [0, 0.1) is 0 Å². The molecule has 7 nitrogen and oxygen atoms in total. The van der Waals surface area contributed by atoms with E-state index in [2.05, 4.69) is 37.8 Å². The first kappa shape index (κ1) is 20.1. The third-order valence-electron chi connectivity index (χ3n) is 3.95. The van der Waals surface area contributed by atoms with E-state index in [4.69, 9.17) is 4.74 Å². The van der Waals surface area contributed by atoms with E-state index in [1.807, 2.05) is 13.8 Å². The van der Waals surface area contributed by atoms with E-state index >= 15 is 0 Å². The summed E-state index contributed by atoms with van der Waals surface area (Å²) in [7, 11) is 0. The van der Waals surface area contributed by atoms with Crippen LogP contribution in [0.25, 0.3) is 0 Å². The highest BCUT2D eigenvalue weighted by molar-refractivity contribution is 7.09. The SMILES string of the molecule is CCNC(=NCc1csc(CC)n1)NCC(C)(O)CN1CCOCC1. The Bertz CT molecular complexity index is 541. The number of hydrogen-bond acceptors (Lipinski definition) is 6. The van der Waals surface area contributed by atoms with Gasteiger partial charge >= 0.3 is 0 Å². The molecule has 1 unspecified atom stereocenters. The molecule has 142 valence electrons. The van der Waals surface area contributed by atoms with E-state index in [0.29, 0.717) is 25.6 Å². The molecule has 1 saturated heterocycles. The molecule has 1 fully saturated rings. The van der Waals surface area contributed by atoms with Gasteiger partial charge in [0.2, 0.25) is 0 Å². The van der Waals surface area contributed by atoms with E-state index < -0.39 is 5.60 Å². The molecule has 0 aliphatic carbocycles. The van der Waals surface area contributed by atoms with Gasteiger partial charge < -0.3 is 20.5 Å². The highest BCUT2D eigenvalue weighted by Gasteiger charge is 2.25. The summed E-state index contributed by atoms with van der Waals surface area (Å²) >= 11 is 1.67. The number of aliphatic hydroxyl groups is 1. The van der Waals surface area contributed by atoms with Gasteiger partial charge in [0.15, 0.2) is 5.96 Å². The largest absolute Gasteiger partial charge is 0.387 e. The maximum Gasteiger partial charge on any atom is 0.191 e. The molecule has 0 amide bonds. The number of aryl methyl sites for hydroxylation is 1. The highest BCUT2D eigenvalue weighted by atomic mass is 32.1. The topological polar surface area (TPSA) is 82.0 Å². The molecule has 1 aromatic rings. The second kappa shape index (κ2) is 10.1. The Labute approximate surface area is 154 Å². The molecule has 1 aromatic heterocycles. The zero-order valence-electron chi connectivity index (χ0n) is 15.5. The third kappa shape index (κ3) is 7.27. The number of thiazole rings is 1. The van der Waals surface area contributed by atoms with Crippen LogP contribution >= 0.6 is 11.3 Å². The van der Waals surface area contributed by atoms with Crippen LogP contribution in [0.2, 0.25) is 0 Å². The number of hydrogen-bond donors (Lipinski definition) is 3. The molecule has 1 aliphatic rings. The van der Waals surface area contributed by atoms with Crippen LogP contribution in [0.4, 0.5) is 0 Å². The zero-order chi connectivity index (χ0) is 18.1. The minimum Gasteiger partial charge on any atom is -0.387 e. The van der Waals surface area contributed by atoms with Gasteiger partial charge in [0.05, 0.1) is 36.1 Å². The van der Waals surface area contributed by atoms with Gasteiger partial charge in [0.1, 0.15) is 0 Å². The van der Waals surface area contributed by atoms with Gasteiger partial charge in [0, 0.05) is 38.1 Å². The lowest BCUT2D eigenvalue weighted by molar-refractivity contribution is -0.0201. The van der Waals surface area contributed by atoms with Crippen molar-refractivity contribution < 1.29 is 9.84 Å².